The molecule has 1 saturated heterocycles. The topological polar surface area (TPSA) is 0 Å². The fourth-order valence-corrected chi connectivity index (χ4v) is 12.6. The molecule has 2 heteroatoms. The molecular formula is C4H8I2-2. The summed E-state index contributed by atoms with van der Waals surface area (Å²) in [6, 6.07) is 0. The molecule has 0 aromatic heterocycles. The Balaban J connectivity index is 2.18. The van der Waals surface area contributed by atoms with Crippen LogP contribution < -0.4 is 42.4 Å². The van der Waals surface area contributed by atoms with Gasteiger partial charge in [-0.25, -0.2) is 0 Å². The number of hydrogen-bond donors (Lipinski definition) is 0. The molecule has 6 heavy (non-hydrogen) atoms. The van der Waals surface area contributed by atoms with Crippen molar-refractivity contribution in [2.75, 3.05) is 6.86 Å². The summed E-state index contributed by atoms with van der Waals surface area (Å²) in [5.74, 6) is 0. The first-order chi connectivity index (χ1) is 2.89. The molecule has 40 valence electrons. The molecule has 0 spiro atoms. The van der Waals surface area contributed by atoms with Gasteiger partial charge in [0.25, 0.3) is 0 Å². The van der Waals surface area contributed by atoms with Crippen LogP contribution in [0.1, 0.15) is 6.92 Å². The summed E-state index contributed by atoms with van der Waals surface area (Å²) < 4.78 is 4.56. The van der Waals surface area contributed by atoms with Gasteiger partial charge in [0.2, 0.25) is 0 Å². The van der Waals surface area contributed by atoms with E-state index >= 15 is 0 Å². The zero-order valence-electron chi connectivity index (χ0n) is 3.75. The second-order valence-corrected chi connectivity index (χ2v) is 10.8. The van der Waals surface area contributed by atoms with Crippen LogP contribution in [0.15, 0.2) is 0 Å². The molecule has 0 aromatic rings. The fraction of sp³-hybridized carbons (Fsp3) is 1.00. The first kappa shape index (κ1) is 5.59. The molecule has 0 nitrogen and oxygen atoms in total. The summed E-state index contributed by atoms with van der Waals surface area (Å²) >= 11 is 1.48. The van der Waals surface area contributed by atoms with Crippen LogP contribution in [0.3, 0.4) is 0 Å². The van der Waals surface area contributed by atoms with Gasteiger partial charge in [-0.15, -0.1) is 0 Å². The number of hydrogen-bond acceptors (Lipinski definition) is 0. The SMILES string of the molecule is CC1C[I-]C[I-]1. The minimum atomic E-state index is 0.728. The molecule has 1 heterocycles. The van der Waals surface area contributed by atoms with Gasteiger partial charge in [0.15, 0.2) is 0 Å². The van der Waals surface area contributed by atoms with Crippen LogP contribution in [0.2, 0.25) is 0 Å². The molecule has 0 aliphatic carbocycles. The molecule has 0 saturated carbocycles. The molecule has 1 unspecified atom stereocenters. The number of halogens is 2. The molecule has 0 radical (unpaired) electrons. The van der Waals surface area contributed by atoms with E-state index in [1.807, 2.05) is 0 Å². The molecule has 0 amide bonds. The van der Waals surface area contributed by atoms with Crippen molar-refractivity contribution in [3.63, 3.8) is 0 Å². The van der Waals surface area contributed by atoms with Crippen LogP contribution in [0, 0.1) is 0 Å². The van der Waals surface area contributed by atoms with Gasteiger partial charge in [0.05, 0.1) is 0 Å². The Labute approximate surface area is 59.6 Å². The minimum absolute atomic E-state index is 0.728. The maximum atomic E-state index is 2.42. The van der Waals surface area contributed by atoms with E-state index in [0.717, 1.165) is 42.4 Å². The molecular weight excluding hydrogens is 302 g/mol. The molecule has 0 N–H and O–H groups in total. The van der Waals surface area contributed by atoms with Crippen LogP contribution >= 0.6 is 0 Å². The van der Waals surface area contributed by atoms with E-state index in [9.17, 15) is 0 Å². The second-order valence-electron chi connectivity index (χ2n) is 1.38. The first-order valence-electron chi connectivity index (χ1n) is 2.01. The molecule has 1 aliphatic rings. The van der Waals surface area contributed by atoms with E-state index in [2.05, 4.69) is 6.92 Å². The molecule has 0 aromatic carbocycles. The van der Waals surface area contributed by atoms with Gasteiger partial charge in [0.1, 0.15) is 0 Å². The van der Waals surface area contributed by atoms with Crippen LogP contribution in [-0.4, -0.2) is 10.8 Å². The molecule has 0 bridgehead atoms. The average Bonchev–Trinajstić information content (AvgIpc) is 1.86. The third-order valence-electron chi connectivity index (χ3n) is 0.715. The van der Waals surface area contributed by atoms with Gasteiger partial charge in [-0.05, 0) is 0 Å². The monoisotopic (exact) mass is 310 g/mol. The van der Waals surface area contributed by atoms with Crippen molar-refractivity contribution in [1.29, 1.82) is 0 Å². The third-order valence-corrected chi connectivity index (χ3v) is 12.0. The summed E-state index contributed by atoms with van der Waals surface area (Å²) in [5, 5.41) is 0. The predicted octanol–water partition coefficient (Wildman–Crippen LogP) is -5.48. The van der Waals surface area contributed by atoms with Gasteiger partial charge >= 0.3 is 60.1 Å². The van der Waals surface area contributed by atoms with Crippen LogP contribution in [0.25, 0.3) is 0 Å². The van der Waals surface area contributed by atoms with Crippen molar-refractivity contribution in [3.05, 3.63) is 0 Å². The van der Waals surface area contributed by atoms with E-state index in [1.165, 1.54) is 3.92 Å². The van der Waals surface area contributed by atoms with E-state index < -0.39 is 0 Å². The van der Waals surface area contributed by atoms with Gasteiger partial charge in [-0.2, -0.15) is 0 Å². The summed E-state index contributed by atoms with van der Waals surface area (Å²) in [6.45, 7) is 2.42. The second kappa shape index (κ2) is 2.69. The van der Waals surface area contributed by atoms with E-state index in [0.29, 0.717) is 0 Å². The summed E-state index contributed by atoms with van der Waals surface area (Å²) in [4.78, 5) is 0. The van der Waals surface area contributed by atoms with Crippen molar-refractivity contribution < 1.29 is 42.4 Å². The molecule has 1 rings (SSSR count). The predicted molar refractivity (Wildman–Crippen MR) is 19.2 cm³/mol. The van der Waals surface area contributed by atoms with Crippen LogP contribution in [-0.2, 0) is 0 Å². The molecule has 1 atom stereocenters. The summed E-state index contributed by atoms with van der Waals surface area (Å²) in [5.41, 5.74) is 0. The van der Waals surface area contributed by atoms with E-state index in [4.69, 9.17) is 0 Å². The van der Waals surface area contributed by atoms with Crippen LogP contribution in [0.5, 0.6) is 0 Å². The van der Waals surface area contributed by atoms with E-state index in [-0.39, 0.29) is 0 Å². The Morgan fingerprint density at radius 1 is 1.67 bits per heavy atom. The van der Waals surface area contributed by atoms with Crippen molar-refractivity contribution in [1.82, 2.24) is 0 Å². The Bertz CT molecular complexity index is 38.8. The summed E-state index contributed by atoms with van der Waals surface area (Å²) in [6.07, 6.45) is 0. The number of alkyl halides is 4. The zero-order valence-corrected chi connectivity index (χ0v) is 8.06. The van der Waals surface area contributed by atoms with E-state index in [1.54, 1.807) is 6.86 Å². The number of rotatable bonds is 0. The van der Waals surface area contributed by atoms with Crippen molar-refractivity contribution >= 4 is 0 Å². The Hall–Kier alpha value is 1.46. The fourth-order valence-electron chi connectivity index (χ4n) is 0.374. The van der Waals surface area contributed by atoms with Gasteiger partial charge in [0, 0.05) is 0 Å². The van der Waals surface area contributed by atoms with Crippen molar-refractivity contribution in [3.8, 4) is 0 Å². The summed E-state index contributed by atoms with van der Waals surface area (Å²) in [7, 11) is 0. The first-order valence-corrected chi connectivity index (χ1v) is 7.83. The van der Waals surface area contributed by atoms with Crippen LogP contribution in [0.4, 0.5) is 0 Å². The standard InChI is InChI=1S/C4H8I2/c1-4-2-5-3-6-4/h4H,2-3H2,1H3/q-2. The van der Waals surface area contributed by atoms with Crippen molar-refractivity contribution in [2.24, 2.45) is 0 Å². The molecule has 1 aliphatic heterocycles. The Morgan fingerprint density at radius 3 is 2.67 bits per heavy atom. The van der Waals surface area contributed by atoms with Gasteiger partial charge < -0.3 is 0 Å². The maximum absolute atomic E-state index is 2.42. The normalized spacial score (nSPS) is 37.2. The van der Waals surface area contributed by atoms with Gasteiger partial charge in [-0.3, -0.25) is 0 Å². The third kappa shape index (κ3) is 1.52. The van der Waals surface area contributed by atoms with Gasteiger partial charge in [-0.1, -0.05) is 0 Å². The Morgan fingerprint density at radius 2 is 2.50 bits per heavy atom. The average molecular weight is 310 g/mol. The zero-order chi connectivity index (χ0) is 4.41. The quantitative estimate of drug-likeness (QED) is 0.309. The Kier molecular flexibility index (Phi) is 2.51. The van der Waals surface area contributed by atoms with Crippen molar-refractivity contribution in [2.45, 2.75) is 10.8 Å². The molecule has 1 fully saturated rings.